The number of hydrogen-bond acceptors (Lipinski definition) is 3. The fourth-order valence-electron chi connectivity index (χ4n) is 1.94. The number of fused-ring (bicyclic) bond motifs is 1. The molecule has 1 aromatic rings. The Labute approximate surface area is 112 Å². The van der Waals surface area contributed by atoms with Crippen LogP contribution in [0.4, 0.5) is 0 Å². The summed E-state index contributed by atoms with van der Waals surface area (Å²) in [5.74, 6) is -1.02. The number of benzene rings is 1. The van der Waals surface area contributed by atoms with Crippen molar-refractivity contribution < 1.29 is 19.4 Å². The largest absolute Gasteiger partial charge is 0.492 e. The van der Waals surface area contributed by atoms with Crippen LogP contribution in [0.2, 0.25) is 0 Å². The Kier molecular flexibility index (Phi) is 3.56. The average molecular weight is 314 g/mol. The number of rotatable bonds is 3. The zero-order valence-corrected chi connectivity index (χ0v) is 11.3. The second kappa shape index (κ2) is 4.97. The molecule has 1 N–H and O–H groups in total. The van der Waals surface area contributed by atoms with Gasteiger partial charge in [0.15, 0.2) is 0 Å². The fraction of sp³-hybridized carbons (Fsp3) is 0.333. The first-order valence-corrected chi connectivity index (χ1v) is 6.17. The van der Waals surface area contributed by atoms with Crippen LogP contribution in [0.1, 0.15) is 11.5 Å². The van der Waals surface area contributed by atoms with Gasteiger partial charge < -0.3 is 14.7 Å². The zero-order chi connectivity index (χ0) is 13.3. The van der Waals surface area contributed by atoms with Crippen LogP contribution in [-0.4, -0.2) is 42.1 Å². The van der Waals surface area contributed by atoms with Crippen LogP contribution in [0.5, 0.6) is 5.75 Å². The van der Waals surface area contributed by atoms with Crippen molar-refractivity contribution >= 4 is 27.8 Å². The summed E-state index contributed by atoms with van der Waals surface area (Å²) in [4.78, 5) is 23.9. The van der Waals surface area contributed by atoms with Crippen LogP contribution in [0.25, 0.3) is 0 Å². The van der Waals surface area contributed by atoms with Gasteiger partial charge in [-0.3, -0.25) is 9.59 Å². The first kappa shape index (κ1) is 12.9. The molecule has 96 valence electrons. The predicted molar refractivity (Wildman–Crippen MR) is 67.7 cm³/mol. The number of likely N-dealkylation sites (N-methyl/N-ethyl adjacent to an activating group) is 1. The van der Waals surface area contributed by atoms with Crippen molar-refractivity contribution in [3.63, 3.8) is 0 Å². The second-order valence-corrected chi connectivity index (χ2v) is 5.05. The lowest BCUT2D eigenvalue weighted by molar-refractivity contribution is -0.144. The Balaban J connectivity index is 2.20. The van der Waals surface area contributed by atoms with Gasteiger partial charge in [-0.15, -0.1) is 0 Å². The van der Waals surface area contributed by atoms with E-state index in [4.69, 9.17) is 9.84 Å². The Bertz CT molecular complexity index is 503. The number of nitrogens with zero attached hydrogens (tertiary/aromatic N) is 1. The lowest BCUT2D eigenvalue weighted by atomic mass is 10.00. The summed E-state index contributed by atoms with van der Waals surface area (Å²) in [6.45, 7) is -0.0484. The third-order valence-corrected chi connectivity index (χ3v) is 3.29. The van der Waals surface area contributed by atoms with Gasteiger partial charge in [-0.25, -0.2) is 0 Å². The number of aliphatic carboxylic acids is 1. The third kappa shape index (κ3) is 2.48. The number of carboxylic acid groups (broad SMARTS) is 1. The molecule has 1 aliphatic heterocycles. The van der Waals surface area contributed by atoms with Crippen LogP contribution in [0.15, 0.2) is 22.7 Å². The molecule has 0 bridgehead atoms. The maximum Gasteiger partial charge on any atom is 0.323 e. The number of hydrogen-bond donors (Lipinski definition) is 1. The van der Waals surface area contributed by atoms with Gasteiger partial charge in [-0.05, 0) is 18.2 Å². The Morgan fingerprint density at radius 3 is 2.94 bits per heavy atom. The summed E-state index contributed by atoms with van der Waals surface area (Å²) in [5, 5.41) is 8.68. The van der Waals surface area contributed by atoms with E-state index in [1.54, 1.807) is 6.07 Å². The molecule has 0 saturated heterocycles. The molecule has 1 atom stereocenters. The first-order chi connectivity index (χ1) is 8.49. The number of carbonyl (C=O) groups is 2. The van der Waals surface area contributed by atoms with E-state index >= 15 is 0 Å². The Hall–Kier alpha value is -1.56. The SMILES string of the molecule is CN(CC(=O)O)C(=O)C1COc2ccc(Br)cc21. The van der Waals surface area contributed by atoms with Crippen molar-refractivity contribution in [2.45, 2.75) is 5.92 Å². The highest BCUT2D eigenvalue weighted by molar-refractivity contribution is 9.10. The molecule has 0 spiro atoms. The quantitative estimate of drug-likeness (QED) is 0.917. The maximum absolute atomic E-state index is 12.1. The van der Waals surface area contributed by atoms with E-state index in [2.05, 4.69) is 15.9 Å². The van der Waals surface area contributed by atoms with Crippen molar-refractivity contribution in [2.75, 3.05) is 20.2 Å². The molecule has 1 aromatic carbocycles. The molecule has 5 nitrogen and oxygen atoms in total. The molecule has 0 saturated carbocycles. The average Bonchev–Trinajstić information content (AvgIpc) is 2.69. The molecule has 0 aliphatic carbocycles. The number of ether oxygens (including phenoxy) is 1. The van der Waals surface area contributed by atoms with Gasteiger partial charge in [0.1, 0.15) is 24.8 Å². The monoisotopic (exact) mass is 313 g/mol. The number of amides is 1. The van der Waals surface area contributed by atoms with Gasteiger partial charge in [0.05, 0.1) is 0 Å². The Morgan fingerprint density at radius 2 is 2.28 bits per heavy atom. The second-order valence-electron chi connectivity index (χ2n) is 4.13. The standard InChI is InChI=1S/C12H12BrNO4/c1-14(5-11(15)16)12(17)9-6-18-10-3-2-7(13)4-8(9)10/h2-4,9H,5-6H2,1H3,(H,15,16). The minimum absolute atomic E-state index is 0.241. The molecule has 18 heavy (non-hydrogen) atoms. The van der Waals surface area contributed by atoms with Crippen LogP contribution >= 0.6 is 15.9 Å². The predicted octanol–water partition coefficient (Wildman–Crippen LogP) is 1.47. The smallest absolute Gasteiger partial charge is 0.323 e. The van der Waals surface area contributed by atoms with Gasteiger partial charge >= 0.3 is 5.97 Å². The molecule has 2 rings (SSSR count). The van der Waals surface area contributed by atoms with E-state index < -0.39 is 11.9 Å². The normalized spacial score (nSPS) is 16.9. The summed E-state index contributed by atoms with van der Waals surface area (Å²) in [6, 6.07) is 5.47. The zero-order valence-electron chi connectivity index (χ0n) is 9.72. The van der Waals surface area contributed by atoms with Gasteiger partial charge in [0, 0.05) is 17.1 Å². The number of halogens is 1. The number of carboxylic acids is 1. The molecular weight excluding hydrogens is 302 g/mol. The van der Waals surface area contributed by atoms with Crippen LogP contribution < -0.4 is 4.74 Å². The third-order valence-electron chi connectivity index (χ3n) is 2.80. The van der Waals surface area contributed by atoms with E-state index in [1.165, 1.54) is 11.9 Å². The van der Waals surface area contributed by atoms with Gasteiger partial charge in [0.25, 0.3) is 0 Å². The minimum atomic E-state index is -1.03. The maximum atomic E-state index is 12.1. The molecule has 0 aromatic heterocycles. The summed E-state index contributed by atoms with van der Waals surface area (Å²) in [7, 11) is 1.48. The fourth-order valence-corrected chi connectivity index (χ4v) is 2.32. The van der Waals surface area contributed by atoms with Crippen molar-refractivity contribution in [3.8, 4) is 5.75 Å². The van der Waals surface area contributed by atoms with Crippen LogP contribution in [-0.2, 0) is 9.59 Å². The molecule has 6 heteroatoms. The van der Waals surface area contributed by atoms with Gasteiger partial charge in [-0.1, -0.05) is 15.9 Å². The van der Waals surface area contributed by atoms with Crippen molar-refractivity contribution in [2.24, 2.45) is 0 Å². The highest BCUT2D eigenvalue weighted by atomic mass is 79.9. The molecule has 1 amide bonds. The van der Waals surface area contributed by atoms with Crippen LogP contribution in [0.3, 0.4) is 0 Å². The van der Waals surface area contributed by atoms with Gasteiger partial charge in [0.2, 0.25) is 5.91 Å². The molecule has 1 unspecified atom stereocenters. The summed E-state index contributed by atoms with van der Waals surface area (Å²) >= 11 is 3.34. The van der Waals surface area contributed by atoms with Crippen LogP contribution in [0, 0.1) is 0 Å². The van der Waals surface area contributed by atoms with Gasteiger partial charge in [-0.2, -0.15) is 0 Å². The highest BCUT2D eigenvalue weighted by Gasteiger charge is 2.32. The minimum Gasteiger partial charge on any atom is -0.492 e. The topological polar surface area (TPSA) is 66.8 Å². The summed E-state index contributed by atoms with van der Waals surface area (Å²) in [6.07, 6.45) is 0. The molecule has 1 heterocycles. The molecule has 0 fully saturated rings. The Morgan fingerprint density at radius 1 is 1.56 bits per heavy atom. The first-order valence-electron chi connectivity index (χ1n) is 5.38. The lowest BCUT2D eigenvalue weighted by Crippen LogP contribution is -2.36. The molecule has 1 aliphatic rings. The van der Waals surface area contributed by atoms with E-state index in [0.717, 1.165) is 10.0 Å². The summed E-state index contributed by atoms with van der Waals surface area (Å²) < 4.78 is 6.29. The van der Waals surface area contributed by atoms with Crippen molar-refractivity contribution in [1.82, 2.24) is 4.90 Å². The molecule has 0 radical (unpaired) electrons. The van der Waals surface area contributed by atoms with E-state index in [0.29, 0.717) is 5.75 Å². The number of carbonyl (C=O) groups excluding carboxylic acids is 1. The van der Waals surface area contributed by atoms with Crippen molar-refractivity contribution in [1.29, 1.82) is 0 Å². The highest BCUT2D eigenvalue weighted by Crippen LogP contribution is 2.36. The summed E-state index contributed by atoms with van der Waals surface area (Å²) in [5.41, 5.74) is 0.798. The van der Waals surface area contributed by atoms with E-state index in [9.17, 15) is 9.59 Å². The lowest BCUT2D eigenvalue weighted by Gasteiger charge is -2.18. The van der Waals surface area contributed by atoms with E-state index in [-0.39, 0.29) is 19.1 Å². The van der Waals surface area contributed by atoms with Crippen molar-refractivity contribution in [3.05, 3.63) is 28.2 Å². The molecular formula is C12H12BrNO4. The van der Waals surface area contributed by atoms with E-state index in [1.807, 2.05) is 12.1 Å².